The molecule has 0 spiro atoms. The van der Waals surface area contributed by atoms with Crippen LogP contribution in [0.4, 0.5) is 5.69 Å². The third-order valence-corrected chi connectivity index (χ3v) is 6.00. The van der Waals surface area contributed by atoms with Gasteiger partial charge in [0, 0.05) is 23.2 Å². The first-order chi connectivity index (χ1) is 12.4. The average molecular weight is 391 g/mol. The molecule has 1 aromatic carbocycles. The second kappa shape index (κ2) is 7.63. The highest BCUT2D eigenvalue weighted by Gasteiger charge is 2.29. The molecule has 138 valence electrons. The van der Waals surface area contributed by atoms with Crippen molar-refractivity contribution in [2.75, 3.05) is 17.5 Å². The lowest BCUT2D eigenvalue weighted by Crippen LogP contribution is -2.38. The van der Waals surface area contributed by atoms with E-state index in [9.17, 15) is 13.2 Å². The molecule has 1 aromatic heterocycles. The van der Waals surface area contributed by atoms with Gasteiger partial charge in [0.05, 0.1) is 12.3 Å². The predicted molar refractivity (Wildman–Crippen MR) is 107 cm³/mol. The molecule has 7 heteroatoms. The van der Waals surface area contributed by atoms with Crippen molar-refractivity contribution in [1.29, 1.82) is 0 Å². The van der Waals surface area contributed by atoms with Crippen molar-refractivity contribution in [1.82, 2.24) is 4.90 Å². The zero-order valence-electron chi connectivity index (χ0n) is 14.8. The molecule has 1 aliphatic rings. The number of nitrogens with one attached hydrogen (secondary N) is 1. The first kappa shape index (κ1) is 18.7. The number of benzene rings is 1. The van der Waals surface area contributed by atoms with E-state index in [0.717, 1.165) is 31.2 Å². The Balaban J connectivity index is 1.69. The van der Waals surface area contributed by atoms with E-state index in [4.69, 9.17) is 0 Å². The van der Waals surface area contributed by atoms with Gasteiger partial charge in [-0.15, -0.1) is 11.3 Å². The summed E-state index contributed by atoms with van der Waals surface area (Å²) in [5.74, 6) is 0.00652. The molecule has 0 saturated heterocycles. The molecule has 3 rings (SSSR count). The summed E-state index contributed by atoms with van der Waals surface area (Å²) in [6.45, 7) is 2.85. The molecule has 0 saturated carbocycles. The maximum Gasteiger partial charge on any atom is 0.247 e. The maximum absolute atomic E-state index is 12.7. The second-order valence-electron chi connectivity index (χ2n) is 6.33. The van der Waals surface area contributed by atoms with Crippen LogP contribution in [0.2, 0.25) is 0 Å². The Morgan fingerprint density at radius 3 is 2.69 bits per heavy atom. The zero-order valence-corrected chi connectivity index (χ0v) is 16.4. The zero-order chi connectivity index (χ0) is 18.7. The highest BCUT2D eigenvalue weighted by molar-refractivity contribution is 7.92. The molecule has 1 amide bonds. The van der Waals surface area contributed by atoms with Crippen LogP contribution >= 0.6 is 11.3 Å². The summed E-state index contributed by atoms with van der Waals surface area (Å²) in [4.78, 5) is 16.0. The minimum absolute atomic E-state index is 0.00652. The fourth-order valence-electron chi connectivity index (χ4n) is 3.24. The summed E-state index contributed by atoms with van der Waals surface area (Å²) in [7, 11) is -3.29. The van der Waals surface area contributed by atoms with Crippen LogP contribution in [-0.2, 0) is 21.2 Å². The Hall–Kier alpha value is -2.12. The van der Waals surface area contributed by atoms with E-state index in [2.05, 4.69) is 23.1 Å². The number of thiophene rings is 1. The van der Waals surface area contributed by atoms with Gasteiger partial charge >= 0.3 is 0 Å². The van der Waals surface area contributed by atoms with Crippen molar-refractivity contribution in [3.63, 3.8) is 0 Å². The predicted octanol–water partition coefficient (Wildman–Crippen LogP) is 3.67. The van der Waals surface area contributed by atoms with Gasteiger partial charge in [-0.05, 0) is 53.6 Å². The topological polar surface area (TPSA) is 66.5 Å². The van der Waals surface area contributed by atoms with E-state index in [0.29, 0.717) is 5.69 Å². The molecule has 2 aromatic rings. The number of nitrogens with zero attached hydrogens (tertiary/aromatic N) is 1. The summed E-state index contributed by atoms with van der Waals surface area (Å²) in [6, 6.07) is 9.19. The second-order valence-corrected chi connectivity index (χ2v) is 9.08. The smallest absolute Gasteiger partial charge is 0.247 e. The van der Waals surface area contributed by atoms with Gasteiger partial charge in [0.15, 0.2) is 0 Å². The number of carbonyl (C=O) groups excluding carboxylic acids is 1. The maximum atomic E-state index is 12.7. The van der Waals surface area contributed by atoms with Crippen LogP contribution < -0.4 is 4.72 Å². The van der Waals surface area contributed by atoms with Gasteiger partial charge in [-0.1, -0.05) is 19.1 Å². The van der Waals surface area contributed by atoms with E-state index < -0.39 is 10.0 Å². The van der Waals surface area contributed by atoms with Crippen LogP contribution in [0.25, 0.3) is 6.08 Å². The molecule has 1 aliphatic heterocycles. The first-order valence-electron chi connectivity index (χ1n) is 8.50. The van der Waals surface area contributed by atoms with Gasteiger partial charge in [-0.25, -0.2) is 8.42 Å². The minimum atomic E-state index is -3.29. The molecule has 1 N–H and O–H groups in total. The minimum Gasteiger partial charge on any atom is -0.332 e. The summed E-state index contributed by atoms with van der Waals surface area (Å²) < 4.78 is 24.9. The summed E-state index contributed by atoms with van der Waals surface area (Å²) in [5, 5.41) is 2.10. The summed E-state index contributed by atoms with van der Waals surface area (Å²) >= 11 is 1.77. The van der Waals surface area contributed by atoms with Gasteiger partial charge < -0.3 is 4.90 Å². The standard InChI is InChI=1S/C19H22N2O3S2/c1-3-17-16-11-13-25-18(16)10-12-21(17)19(22)9-6-14-4-7-15(8-5-14)20-26(2,23)24/h4-9,11,13,17,20H,3,10,12H2,1-2H3/b9-6+. The van der Waals surface area contributed by atoms with Crippen molar-refractivity contribution < 1.29 is 13.2 Å². The van der Waals surface area contributed by atoms with Gasteiger partial charge in [-0.3, -0.25) is 9.52 Å². The molecule has 26 heavy (non-hydrogen) atoms. The lowest BCUT2D eigenvalue weighted by Gasteiger charge is -2.34. The van der Waals surface area contributed by atoms with Gasteiger partial charge in [0.25, 0.3) is 0 Å². The lowest BCUT2D eigenvalue weighted by atomic mass is 9.97. The molecule has 0 fully saturated rings. The number of rotatable bonds is 5. The number of carbonyl (C=O) groups is 1. The molecular formula is C19H22N2O3S2. The highest BCUT2D eigenvalue weighted by Crippen LogP contribution is 2.35. The lowest BCUT2D eigenvalue weighted by molar-refractivity contribution is -0.128. The number of fused-ring (bicyclic) bond motifs is 1. The number of sulfonamides is 1. The SMILES string of the molecule is CCC1c2ccsc2CCN1C(=O)/C=C/c1ccc(NS(C)(=O)=O)cc1. The van der Waals surface area contributed by atoms with E-state index in [1.165, 1.54) is 10.4 Å². The summed E-state index contributed by atoms with van der Waals surface area (Å²) in [6.07, 6.45) is 6.28. The van der Waals surface area contributed by atoms with Crippen molar-refractivity contribution in [3.05, 3.63) is 57.8 Å². The van der Waals surface area contributed by atoms with E-state index >= 15 is 0 Å². The Kier molecular flexibility index (Phi) is 5.48. The number of hydrogen-bond donors (Lipinski definition) is 1. The normalized spacial score (nSPS) is 17.3. The van der Waals surface area contributed by atoms with E-state index in [1.54, 1.807) is 47.8 Å². The molecule has 0 radical (unpaired) electrons. The Morgan fingerprint density at radius 1 is 1.31 bits per heavy atom. The average Bonchev–Trinajstić information content (AvgIpc) is 3.07. The molecule has 0 aliphatic carbocycles. The van der Waals surface area contributed by atoms with Crippen molar-refractivity contribution in [3.8, 4) is 0 Å². The number of hydrogen-bond acceptors (Lipinski definition) is 4. The van der Waals surface area contributed by atoms with Crippen molar-refractivity contribution in [2.45, 2.75) is 25.8 Å². The molecule has 5 nitrogen and oxygen atoms in total. The Labute approximate surface area is 158 Å². The highest BCUT2D eigenvalue weighted by atomic mass is 32.2. The van der Waals surface area contributed by atoms with Crippen molar-refractivity contribution >= 4 is 39.0 Å². The third kappa shape index (κ3) is 4.34. The molecular weight excluding hydrogens is 368 g/mol. The quantitative estimate of drug-likeness (QED) is 0.792. The molecule has 0 bridgehead atoms. The van der Waals surface area contributed by atoms with Crippen LogP contribution in [0.1, 0.15) is 35.4 Å². The Bertz CT molecular complexity index is 915. The van der Waals surface area contributed by atoms with Crippen LogP contribution in [-0.4, -0.2) is 32.0 Å². The van der Waals surface area contributed by atoms with Gasteiger partial charge in [0.2, 0.25) is 15.9 Å². The number of amides is 1. The fraction of sp³-hybridized carbons (Fsp3) is 0.316. The first-order valence-corrected chi connectivity index (χ1v) is 11.3. The molecule has 1 atom stereocenters. The van der Waals surface area contributed by atoms with Crippen LogP contribution in [0.3, 0.4) is 0 Å². The van der Waals surface area contributed by atoms with Crippen LogP contribution in [0, 0.1) is 0 Å². The van der Waals surface area contributed by atoms with Crippen LogP contribution in [0.5, 0.6) is 0 Å². The van der Waals surface area contributed by atoms with Crippen LogP contribution in [0.15, 0.2) is 41.8 Å². The van der Waals surface area contributed by atoms with E-state index in [1.807, 2.05) is 4.90 Å². The van der Waals surface area contributed by atoms with Gasteiger partial charge in [-0.2, -0.15) is 0 Å². The van der Waals surface area contributed by atoms with Crippen molar-refractivity contribution in [2.24, 2.45) is 0 Å². The summed E-state index contributed by atoms with van der Waals surface area (Å²) in [5.41, 5.74) is 2.63. The monoisotopic (exact) mass is 390 g/mol. The molecule has 1 unspecified atom stereocenters. The van der Waals surface area contributed by atoms with Gasteiger partial charge in [0.1, 0.15) is 0 Å². The Morgan fingerprint density at radius 2 is 2.04 bits per heavy atom. The van der Waals surface area contributed by atoms with E-state index in [-0.39, 0.29) is 11.9 Å². The molecule has 2 heterocycles. The fourth-order valence-corrected chi connectivity index (χ4v) is 4.73. The third-order valence-electron chi connectivity index (χ3n) is 4.40. The largest absolute Gasteiger partial charge is 0.332 e. The number of anilines is 1.